The molecule has 1 aromatic carbocycles. The Kier molecular flexibility index (Phi) is 5.51. The zero-order chi connectivity index (χ0) is 19.3. The minimum atomic E-state index is 0.129. The number of rotatable bonds is 5. The van der Waals surface area contributed by atoms with Crippen LogP contribution in [0.1, 0.15) is 41.6 Å². The predicted octanol–water partition coefficient (Wildman–Crippen LogP) is 4.34. The van der Waals surface area contributed by atoms with Crippen LogP contribution in [0.3, 0.4) is 0 Å². The van der Waals surface area contributed by atoms with Crippen LogP contribution in [-0.2, 0) is 6.54 Å². The summed E-state index contributed by atoms with van der Waals surface area (Å²) < 4.78 is 2.08. The minimum Gasteiger partial charge on any atom is -0.337 e. The van der Waals surface area contributed by atoms with Crippen LogP contribution in [0, 0.1) is 6.92 Å². The van der Waals surface area contributed by atoms with E-state index in [-0.39, 0.29) is 11.9 Å². The van der Waals surface area contributed by atoms with E-state index < -0.39 is 0 Å². The molecule has 1 aliphatic heterocycles. The zero-order valence-corrected chi connectivity index (χ0v) is 16.3. The average Bonchev–Trinajstić information content (AvgIpc) is 3.26. The Bertz CT molecular complexity index is 935. The number of imidazole rings is 1. The molecule has 0 radical (unpaired) electrons. The number of carbonyl (C=O) groups is 1. The highest BCUT2D eigenvalue weighted by atomic mass is 16.2. The molecule has 1 aliphatic rings. The van der Waals surface area contributed by atoms with Crippen molar-refractivity contribution in [3.8, 4) is 11.3 Å². The van der Waals surface area contributed by atoms with E-state index in [0.717, 1.165) is 54.7 Å². The number of likely N-dealkylation sites (tertiary alicyclic amines) is 1. The Morgan fingerprint density at radius 3 is 2.93 bits per heavy atom. The van der Waals surface area contributed by atoms with Crippen LogP contribution in [0.5, 0.6) is 0 Å². The number of amides is 1. The number of pyridine rings is 1. The van der Waals surface area contributed by atoms with E-state index in [9.17, 15) is 4.79 Å². The molecule has 1 amide bonds. The Balaban J connectivity index is 1.52. The monoisotopic (exact) mass is 374 g/mol. The number of aryl methyl sites for hydroxylation is 2. The second-order valence-corrected chi connectivity index (χ2v) is 7.54. The molecule has 5 heteroatoms. The van der Waals surface area contributed by atoms with Gasteiger partial charge in [-0.25, -0.2) is 4.98 Å². The third-order valence-electron chi connectivity index (χ3n) is 5.49. The zero-order valence-electron chi connectivity index (χ0n) is 16.3. The van der Waals surface area contributed by atoms with Gasteiger partial charge in [-0.15, -0.1) is 0 Å². The lowest BCUT2D eigenvalue weighted by molar-refractivity contribution is 0.0595. The molecule has 0 saturated carbocycles. The number of piperidine rings is 1. The van der Waals surface area contributed by atoms with E-state index in [2.05, 4.69) is 32.4 Å². The molecule has 1 atom stereocenters. The molecule has 0 unspecified atom stereocenters. The van der Waals surface area contributed by atoms with Crippen molar-refractivity contribution in [1.29, 1.82) is 0 Å². The molecule has 2 aromatic heterocycles. The van der Waals surface area contributed by atoms with Gasteiger partial charge in [-0.1, -0.05) is 12.1 Å². The first-order chi connectivity index (χ1) is 13.7. The first-order valence-corrected chi connectivity index (χ1v) is 10.0. The topological polar surface area (TPSA) is 51.0 Å². The van der Waals surface area contributed by atoms with Crippen LogP contribution in [-0.4, -0.2) is 37.9 Å². The van der Waals surface area contributed by atoms with E-state index in [1.807, 2.05) is 49.1 Å². The van der Waals surface area contributed by atoms with Crippen molar-refractivity contribution in [2.24, 2.45) is 0 Å². The second-order valence-electron chi connectivity index (χ2n) is 7.54. The number of hydrogen-bond acceptors (Lipinski definition) is 3. The molecule has 28 heavy (non-hydrogen) atoms. The first kappa shape index (κ1) is 18.4. The fourth-order valence-corrected chi connectivity index (χ4v) is 3.96. The van der Waals surface area contributed by atoms with Gasteiger partial charge in [0.15, 0.2) is 0 Å². The van der Waals surface area contributed by atoms with Crippen molar-refractivity contribution in [3.63, 3.8) is 0 Å². The molecule has 4 rings (SSSR count). The fraction of sp³-hybridized carbons (Fsp3) is 0.348. The lowest BCUT2D eigenvalue weighted by atomic mass is 9.97. The Labute approximate surface area is 166 Å². The third kappa shape index (κ3) is 4.14. The minimum absolute atomic E-state index is 0.129. The van der Waals surface area contributed by atoms with E-state index in [0.29, 0.717) is 0 Å². The molecule has 0 spiro atoms. The Hall–Kier alpha value is -2.95. The van der Waals surface area contributed by atoms with Gasteiger partial charge in [-0.2, -0.15) is 0 Å². The number of hydrogen-bond donors (Lipinski definition) is 0. The summed E-state index contributed by atoms with van der Waals surface area (Å²) in [5, 5.41) is 0. The average molecular weight is 374 g/mol. The largest absolute Gasteiger partial charge is 0.337 e. The number of carbonyl (C=O) groups excluding carboxylic acids is 1. The lowest BCUT2D eigenvalue weighted by Gasteiger charge is -2.36. The smallest absolute Gasteiger partial charge is 0.254 e. The van der Waals surface area contributed by atoms with Crippen molar-refractivity contribution >= 4 is 5.91 Å². The summed E-state index contributed by atoms with van der Waals surface area (Å²) in [7, 11) is 0. The first-order valence-electron chi connectivity index (χ1n) is 10.0. The van der Waals surface area contributed by atoms with Crippen LogP contribution in [0.25, 0.3) is 11.3 Å². The predicted molar refractivity (Wildman–Crippen MR) is 110 cm³/mol. The molecular formula is C23H26N4O. The summed E-state index contributed by atoms with van der Waals surface area (Å²) in [5.74, 6) is 0.129. The highest BCUT2D eigenvalue weighted by Gasteiger charge is 2.27. The van der Waals surface area contributed by atoms with Crippen molar-refractivity contribution in [2.75, 3.05) is 6.54 Å². The van der Waals surface area contributed by atoms with Gasteiger partial charge in [-0.3, -0.25) is 9.78 Å². The van der Waals surface area contributed by atoms with Crippen molar-refractivity contribution in [1.82, 2.24) is 19.4 Å². The van der Waals surface area contributed by atoms with Crippen LogP contribution in [0.2, 0.25) is 0 Å². The SMILES string of the molecule is Cc1ccnc(-c2cccc(C(=O)N3CCCC[C@@H]3CCn3ccnc3)c2)c1. The van der Waals surface area contributed by atoms with Gasteiger partial charge in [0.1, 0.15) is 0 Å². The number of benzene rings is 1. The fourth-order valence-electron chi connectivity index (χ4n) is 3.96. The van der Waals surface area contributed by atoms with Gasteiger partial charge >= 0.3 is 0 Å². The molecule has 3 heterocycles. The van der Waals surface area contributed by atoms with Crippen molar-refractivity contribution in [3.05, 3.63) is 72.4 Å². The quantitative estimate of drug-likeness (QED) is 0.668. The van der Waals surface area contributed by atoms with Gasteiger partial charge in [0, 0.05) is 48.8 Å². The maximum absolute atomic E-state index is 13.3. The highest BCUT2D eigenvalue weighted by molar-refractivity contribution is 5.95. The molecular weight excluding hydrogens is 348 g/mol. The Morgan fingerprint density at radius 1 is 1.18 bits per heavy atom. The van der Waals surface area contributed by atoms with E-state index in [1.165, 1.54) is 6.42 Å². The molecule has 144 valence electrons. The summed E-state index contributed by atoms with van der Waals surface area (Å²) in [4.78, 5) is 24.0. The normalized spacial score (nSPS) is 16.9. The van der Waals surface area contributed by atoms with Crippen LogP contribution < -0.4 is 0 Å². The molecule has 0 aliphatic carbocycles. The van der Waals surface area contributed by atoms with Gasteiger partial charge < -0.3 is 9.47 Å². The van der Waals surface area contributed by atoms with Gasteiger partial charge in [0.2, 0.25) is 0 Å². The molecule has 0 bridgehead atoms. The van der Waals surface area contributed by atoms with Crippen molar-refractivity contribution in [2.45, 2.75) is 45.2 Å². The molecule has 1 fully saturated rings. The van der Waals surface area contributed by atoms with Crippen molar-refractivity contribution < 1.29 is 4.79 Å². The second kappa shape index (κ2) is 8.38. The maximum atomic E-state index is 13.3. The molecule has 0 N–H and O–H groups in total. The summed E-state index contributed by atoms with van der Waals surface area (Å²) >= 11 is 0. The van der Waals surface area contributed by atoms with E-state index >= 15 is 0 Å². The van der Waals surface area contributed by atoms with Crippen LogP contribution in [0.15, 0.2) is 61.3 Å². The number of nitrogens with zero attached hydrogens (tertiary/aromatic N) is 4. The summed E-state index contributed by atoms with van der Waals surface area (Å²) in [6.45, 7) is 3.78. The summed E-state index contributed by atoms with van der Waals surface area (Å²) in [6, 6.07) is 12.2. The van der Waals surface area contributed by atoms with E-state index in [1.54, 1.807) is 6.20 Å². The third-order valence-corrected chi connectivity index (χ3v) is 5.49. The lowest BCUT2D eigenvalue weighted by Crippen LogP contribution is -2.44. The van der Waals surface area contributed by atoms with Crippen LogP contribution >= 0.6 is 0 Å². The molecule has 5 nitrogen and oxygen atoms in total. The number of aromatic nitrogens is 3. The molecule has 3 aromatic rings. The highest BCUT2D eigenvalue weighted by Crippen LogP contribution is 2.25. The maximum Gasteiger partial charge on any atom is 0.254 e. The van der Waals surface area contributed by atoms with Gasteiger partial charge in [0.25, 0.3) is 5.91 Å². The summed E-state index contributed by atoms with van der Waals surface area (Å²) in [6.07, 6.45) is 11.7. The standard InChI is InChI=1S/C23H26N4O/c1-18-8-10-25-22(15-18)19-5-4-6-20(16-19)23(28)27-12-3-2-7-21(27)9-13-26-14-11-24-17-26/h4-6,8,10-11,14-17,21H,2-3,7,9,12-13H2,1H3/t21-/m1/s1. The Morgan fingerprint density at radius 2 is 2.11 bits per heavy atom. The van der Waals surface area contributed by atoms with Crippen LogP contribution in [0.4, 0.5) is 0 Å². The molecule has 1 saturated heterocycles. The van der Waals surface area contributed by atoms with E-state index in [4.69, 9.17) is 0 Å². The van der Waals surface area contributed by atoms with Gasteiger partial charge in [0.05, 0.1) is 12.0 Å². The van der Waals surface area contributed by atoms with Gasteiger partial charge in [-0.05, 0) is 62.4 Å². The summed E-state index contributed by atoms with van der Waals surface area (Å²) in [5.41, 5.74) is 3.80.